The van der Waals surface area contributed by atoms with Gasteiger partial charge in [-0.1, -0.05) is 47.4 Å². The number of para-hydroxylation sites is 1. The number of fused-ring (bicyclic) bond motifs is 2. The van der Waals surface area contributed by atoms with Crippen LogP contribution in [0.5, 0.6) is 5.75 Å². The summed E-state index contributed by atoms with van der Waals surface area (Å²) in [4.78, 5) is 49.7. The van der Waals surface area contributed by atoms with Crippen LogP contribution in [0.25, 0.3) is 10.2 Å². The quantitative estimate of drug-likeness (QED) is 0.0692. The van der Waals surface area contributed by atoms with E-state index in [0.29, 0.717) is 74.8 Å². The van der Waals surface area contributed by atoms with E-state index in [9.17, 15) is 14.4 Å². The highest BCUT2D eigenvalue weighted by molar-refractivity contribution is 7.22. The Bertz CT molecular complexity index is 2180. The lowest BCUT2D eigenvalue weighted by Gasteiger charge is -2.29. The van der Waals surface area contributed by atoms with Gasteiger partial charge in [-0.2, -0.15) is 0 Å². The summed E-state index contributed by atoms with van der Waals surface area (Å²) < 4.78 is 18.0. The van der Waals surface area contributed by atoms with Gasteiger partial charge in [0.15, 0.2) is 16.0 Å². The molecule has 7 rings (SSSR count). The predicted molar refractivity (Wildman–Crippen MR) is 213 cm³/mol. The minimum Gasteiger partial charge on any atom is -0.494 e. The van der Waals surface area contributed by atoms with Gasteiger partial charge in [-0.15, -0.1) is 11.3 Å². The highest BCUT2D eigenvalue weighted by Crippen LogP contribution is 2.34. The molecule has 5 aromatic rings. The number of thiazole rings is 2. The molecule has 0 radical (unpaired) electrons. The first-order valence-corrected chi connectivity index (χ1v) is 20.1. The van der Waals surface area contributed by atoms with E-state index in [4.69, 9.17) is 24.3 Å². The van der Waals surface area contributed by atoms with Gasteiger partial charge in [0.2, 0.25) is 0 Å². The lowest BCUT2D eigenvalue weighted by molar-refractivity contribution is -0.143. The van der Waals surface area contributed by atoms with Crippen molar-refractivity contribution < 1.29 is 33.7 Å². The number of carbonyl (C=O) groups is 3. The summed E-state index contributed by atoms with van der Waals surface area (Å²) in [5.41, 5.74) is 4.71. The lowest BCUT2D eigenvalue weighted by atomic mass is 9.87. The Kier molecular flexibility index (Phi) is 12.4. The Morgan fingerprint density at radius 1 is 0.964 bits per heavy atom. The van der Waals surface area contributed by atoms with E-state index in [1.807, 2.05) is 60.7 Å². The SMILES string of the molecule is COC(=O)c1nc(N2CCc3cccc(C(=O)Nc4nc5ccccc5s4)c3C2)sc1CCCOc1ccc(C#CCCOC2CCC(C(=O)O)CC2)cc1. The number of hydrogen-bond acceptors (Lipinski definition) is 11. The molecule has 55 heavy (non-hydrogen) atoms. The van der Waals surface area contributed by atoms with Crippen molar-refractivity contribution in [2.45, 2.75) is 64.0 Å². The Morgan fingerprint density at radius 3 is 2.56 bits per heavy atom. The van der Waals surface area contributed by atoms with Crippen molar-refractivity contribution in [3.63, 3.8) is 0 Å². The number of amides is 1. The Morgan fingerprint density at radius 2 is 1.78 bits per heavy atom. The maximum atomic E-state index is 13.5. The number of methoxy groups -OCH3 is 1. The number of carboxylic acid groups (broad SMARTS) is 1. The minimum atomic E-state index is -0.706. The number of benzene rings is 3. The molecule has 0 atom stereocenters. The van der Waals surface area contributed by atoms with Crippen molar-refractivity contribution in [2.24, 2.45) is 5.92 Å². The Labute approximate surface area is 327 Å². The molecule has 3 aromatic carbocycles. The largest absolute Gasteiger partial charge is 0.494 e. The molecule has 1 fully saturated rings. The van der Waals surface area contributed by atoms with Crippen molar-refractivity contribution in [2.75, 3.05) is 37.1 Å². The van der Waals surface area contributed by atoms with Crippen LogP contribution in [0.1, 0.15) is 80.9 Å². The number of aliphatic carboxylic acids is 1. The molecular formula is C42H42N4O7S2. The summed E-state index contributed by atoms with van der Waals surface area (Å²) in [6.45, 7) is 2.18. The Hall–Kier alpha value is -5.29. The van der Waals surface area contributed by atoms with E-state index in [2.05, 4.69) is 33.1 Å². The maximum absolute atomic E-state index is 13.5. The van der Waals surface area contributed by atoms with Crippen molar-refractivity contribution in [1.82, 2.24) is 9.97 Å². The number of hydrogen-bond donors (Lipinski definition) is 2. The fourth-order valence-electron chi connectivity index (χ4n) is 6.92. The van der Waals surface area contributed by atoms with Gasteiger partial charge in [-0.05, 0) is 98.5 Å². The summed E-state index contributed by atoms with van der Waals surface area (Å²) >= 11 is 2.92. The summed E-state index contributed by atoms with van der Waals surface area (Å²) in [6.07, 6.45) is 5.66. The van der Waals surface area contributed by atoms with Crippen molar-refractivity contribution in [3.05, 3.63) is 99.6 Å². The third-order valence-corrected chi connectivity index (χ3v) is 12.0. The van der Waals surface area contributed by atoms with Crippen LogP contribution in [0.4, 0.5) is 10.3 Å². The van der Waals surface area contributed by atoms with Gasteiger partial charge in [0.05, 0.1) is 42.6 Å². The van der Waals surface area contributed by atoms with Crippen LogP contribution in [0.15, 0.2) is 66.7 Å². The zero-order chi connectivity index (χ0) is 38.1. The number of esters is 1. The highest BCUT2D eigenvalue weighted by Gasteiger charge is 2.28. The second-order valence-corrected chi connectivity index (χ2v) is 15.6. The van der Waals surface area contributed by atoms with Gasteiger partial charge in [-0.3, -0.25) is 14.9 Å². The molecule has 1 aliphatic heterocycles. The van der Waals surface area contributed by atoms with E-state index in [1.165, 1.54) is 29.8 Å². The third-order valence-electron chi connectivity index (χ3n) is 9.88. The standard InChI is InChI=1S/C42H42N4O7S2/c1-51-40(50)37-36(13-7-25-53-30-18-14-27(15-19-30)8-4-5-24-52-31-20-16-29(17-21-31)39(48)49)55-42(44-37)46-23-22-28-9-6-10-32(33(28)26-46)38(47)45-41-43-34-11-2-3-12-35(34)54-41/h2-3,6,9-12,14-15,18-19,29,31H,5,7,13,16-17,20-26H2,1H3,(H,48,49)(H,43,45,47). The number of aromatic nitrogens is 2. The molecule has 0 unspecified atom stereocenters. The number of aryl methyl sites for hydroxylation is 1. The van der Waals surface area contributed by atoms with E-state index in [0.717, 1.165) is 61.9 Å². The van der Waals surface area contributed by atoms with E-state index in [-0.39, 0.29) is 17.9 Å². The van der Waals surface area contributed by atoms with Crippen molar-refractivity contribution in [1.29, 1.82) is 0 Å². The number of nitrogens with zero attached hydrogens (tertiary/aromatic N) is 3. The molecule has 13 heteroatoms. The van der Waals surface area contributed by atoms with Crippen LogP contribution in [-0.4, -0.2) is 65.9 Å². The average Bonchev–Trinajstić information content (AvgIpc) is 3.83. The van der Waals surface area contributed by atoms with Crippen LogP contribution < -0.4 is 15.0 Å². The molecule has 2 aromatic heterocycles. The van der Waals surface area contributed by atoms with Gasteiger partial charge in [0.25, 0.3) is 5.91 Å². The summed E-state index contributed by atoms with van der Waals surface area (Å²) in [5.74, 6) is 5.43. The molecule has 284 valence electrons. The van der Waals surface area contributed by atoms with Crippen LogP contribution in [0.2, 0.25) is 0 Å². The number of anilines is 2. The first-order chi connectivity index (χ1) is 26.8. The average molecular weight is 779 g/mol. The van der Waals surface area contributed by atoms with Gasteiger partial charge in [0.1, 0.15) is 5.75 Å². The zero-order valence-electron chi connectivity index (χ0n) is 30.5. The van der Waals surface area contributed by atoms with E-state index >= 15 is 0 Å². The zero-order valence-corrected chi connectivity index (χ0v) is 32.2. The second-order valence-electron chi connectivity index (χ2n) is 13.5. The van der Waals surface area contributed by atoms with Gasteiger partial charge < -0.3 is 24.2 Å². The molecule has 0 saturated heterocycles. The fourth-order valence-corrected chi connectivity index (χ4v) is 8.90. The molecule has 0 bridgehead atoms. The van der Waals surface area contributed by atoms with Crippen LogP contribution in [-0.2, 0) is 33.7 Å². The summed E-state index contributed by atoms with van der Waals surface area (Å²) in [5, 5.41) is 13.4. The first-order valence-electron chi connectivity index (χ1n) is 18.5. The molecule has 1 amide bonds. The molecule has 2 aliphatic rings. The monoisotopic (exact) mass is 778 g/mol. The molecule has 1 saturated carbocycles. The predicted octanol–water partition coefficient (Wildman–Crippen LogP) is 7.77. The fraction of sp³-hybridized carbons (Fsp3) is 0.357. The van der Waals surface area contributed by atoms with Crippen LogP contribution >= 0.6 is 22.7 Å². The van der Waals surface area contributed by atoms with Gasteiger partial charge >= 0.3 is 11.9 Å². The second kappa shape index (κ2) is 17.9. The van der Waals surface area contributed by atoms with E-state index in [1.54, 1.807) is 0 Å². The van der Waals surface area contributed by atoms with E-state index < -0.39 is 11.9 Å². The smallest absolute Gasteiger partial charge is 0.357 e. The minimum absolute atomic E-state index is 0.124. The molecule has 0 spiro atoms. The van der Waals surface area contributed by atoms with Gasteiger partial charge in [0, 0.05) is 35.5 Å². The lowest BCUT2D eigenvalue weighted by Crippen LogP contribution is -2.32. The molecule has 1 aliphatic carbocycles. The van der Waals surface area contributed by atoms with Crippen molar-refractivity contribution >= 4 is 61.0 Å². The molecule has 3 heterocycles. The highest BCUT2D eigenvalue weighted by atomic mass is 32.1. The number of rotatable bonds is 13. The maximum Gasteiger partial charge on any atom is 0.357 e. The number of nitrogens with one attached hydrogen (secondary N) is 1. The summed E-state index contributed by atoms with van der Waals surface area (Å²) in [7, 11) is 1.36. The topological polar surface area (TPSA) is 140 Å². The first kappa shape index (κ1) is 38.0. The third kappa shape index (κ3) is 9.51. The number of carbonyl (C=O) groups excluding carboxylic acids is 2. The van der Waals surface area contributed by atoms with Crippen LogP contribution in [0.3, 0.4) is 0 Å². The summed E-state index contributed by atoms with van der Waals surface area (Å²) in [6, 6.07) is 21.3. The number of ether oxygens (including phenoxy) is 3. The Balaban J connectivity index is 0.906. The number of carboxylic acids is 1. The van der Waals surface area contributed by atoms with Crippen molar-refractivity contribution in [3.8, 4) is 17.6 Å². The molecular weight excluding hydrogens is 737 g/mol. The molecule has 2 N–H and O–H groups in total. The molecule has 11 nitrogen and oxygen atoms in total. The normalized spacial score (nSPS) is 16.5. The van der Waals surface area contributed by atoms with Gasteiger partial charge in [-0.25, -0.2) is 14.8 Å². The van der Waals surface area contributed by atoms with Crippen LogP contribution in [0, 0.1) is 17.8 Å².